The Morgan fingerprint density at radius 3 is 2.54 bits per heavy atom. The average Bonchev–Trinajstić information content (AvgIpc) is 2.69. The van der Waals surface area contributed by atoms with Gasteiger partial charge in [0.1, 0.15) is 5.75 Å². The Labute approximate surface area is 154 Å². The fourth-order valence-corrected chi connectivity index (χ4v) is 3.09. The molecule has 0 aliphatic carbocycles. The van der Waals surface area contributed by atoms with Crippen molar-refractivity contribution in [1.29, 1.82) is 0 Å². The molecule has 1 atom stereocenters. The minimum Gasteiger partial charge on any atom is -0.493 e. The van der Waals surface area contributed by atoms with E-state index in [-0.39, 0.29) is 11.9 Å². The molecule has 1 amide bonds. The molecule has 0 bridgehead atoms. The molecule has 0 aromatic heterocycles. The van der Waals surface area contributed by atoms with Crippen LogP contribution in [0.25, 0.3) is 0 Å². The van der Waals surface area contributed by atoms with E-state index in [9.17, 15) is 4.79 Å². The second kappa shape index (κ2) is 8.72. The number of rotatable bonds is 6. The van der Waals surface area contributed by atoms with Crippen LogP contribution in [0, 0.1) is 0 Å². The summed E-state index contributed by atoms with van der Waals surface area (Å²) in [6, 6.07) is 15.6. The molecule has 1 aliphatic heterocycles. The third-order valence-electron chi connectivity index (χ3n) is 4.55. The number of anilines is 1. The lowest BCUT2D eigenvalue weighted by molar-refractivity contribution is 0.0936. The Kier molecular flexibility index (Phi) is 6.12. The summed E-state index contributed by atoms with van der Waals surface area (Å²) in [5.74, 6) is 0.487. The maximum absolute atomic E-state index is 12.6. The van der Waals surface area contributed by atoms with Crippen LogP contribution in [0.4, 0.5) is 5.69 Å². The minimum absolute atomic E-state index is 0.0871. The van der Waals surface area contributed by atoms with Crippen LogP contribution in [0.3, 0.4) is 0 Å². The first kappa shape index (κ1) is 18.3. The normalized spacial score (nSPS) is 15.4. The van der Waals surface area contributed by atoms with Crippen molar-refractivity contribution < 1.29 is 14.3 Å². The van der Waals surface area contributed by atoms with Gasteiger partial charge in [-0.05, 0) is 43.7 Å². The van der Waals surface area contributed by atoms with Crippen LogP contribution in [-0.2, 0) is 4.74 Å². The number of ether oxygens (including phenoxy) is 2. The Morgan fingerprint density at radius 2 is 1.85 bits per heavy atom. The summed E-state index contributed by atoms with van der Waals surface area (Å²) in [5, 5.41) is 3.06. The lowest BCUT2D eigenvalue weighted by Crippen LogP contribution is -2.36. The van der Waals surface area contributed by atoms with Crippen LogP contribution in [0.5, 0.6) is 5.75 Å². The third kappa shape index (κ3) is 4.35. The van der Waals surface area contributed by atoms with Gasteiger partial charge in [0.25, 0.3) is 5.91 Å². The van der Waals surface area contributed by atoms with Crippen LogP contribution in [0.15, 0.2) is 48.5 Å². The van der Waals surface area contributed by atoms with Crippen LogP contribution in [0.2, 0.25) is 0 Å². The highest BCUT2D eigenvalue weighted by atomic mass is 16.5. The molecule has 5 nitrogen and oxygen atoms in total. The van der Waals surface area contributed by atoms with Crippen molar-refractivity contribution in [3.05, 3.63) is 59.7 Å². The molecular formula is C21H26N2O3. The molecule has 1 aliphatic rings. The quantitative estimate of drug-likeness (QED) is 0.864. The number of benzene rings is 2. The first-order valence-corrected chi connectivity index (χ1v) is 9.14. The van der Waals surface area contributed by atoms with Crippen molar-refractivity contribution in [2.75, 3.05) is 37.8 Å². The molecule has 1 fully saturated rings. The summed E-state index contributed by atoms with van der Waals surface area (Å²) in [6.07, 6.45) is 0. The maximum atomic E-state index is 12.6. The van der Waals surface area contributed by atoms with Crippen LogP contribution in [-0.4, -0.2) is 38.8 Å². The number of para-hydroxylation sites is 1. The number of carbonyl (C=O) groups excluding carboxylic acids is 1. The lowest BCUT2D eigenvalue weighted by atomic mass is 10.1. The molecule has 1 heterocycles. The number of nitrogens with one attached hydrogen (secondary N) is 1. The van der Waals surface area contributed by atoms with Gasteiger partial charge in [-0.3, -0.25) is 4.79 Å². The summed E-state index contributed by atoms with van der Waals surface area (Å²) in [6.45, 7) is 7.81. The van der Waals surface area contributed by atoms with Crippen molar-refractivity contribution in [3.8, 4) is 5.75 Å². The molecule has 2 aromatic carbocycles. The van der Waals surface area contributed by atoms with E-state index < -0.39 is 0 Å². The van der Waals surface area contributed by atoms with Gasteiger partial charge in [-0.1, -0.05) is 24.3 Å². The molecule has 0 spiro atoms. The highest BCUT2D eigenvalue weighted by molar-refractivity contribution is 5.97. The zero-order valence-corrected chi connectivity index (χ0v) is 15.4. The predicted octanol–water partition coefficient (Wildman–Crippen LogP) is 3.41. The van der Waals surface area contributed by atoms with E-state index in [1.165, 1.54) is 5.69 Å². The molecule has 3 rings (SSSR count). The van der Waals surface area contributed by atoms with E-state index in [4.69, 9.17) is 9.47 Å². The average molecular weight is 354 g/mol. The van der Waals surface area contributed by atoms with Gasteiger partial charge in [-0.25, -0.2) is 0 Å². The number of amides is 1. The minimum atomic E-state index is -0.126. The van der Waals surface area contributed by atoms with Gasteiger partial charge in [-0.15, -0.1) is 0 Å². The summed E-state index contributed by atoms with van der Waals surface area (Å²) in [4.78, 5) is 14.9. The van der Waals surface area contributed by atoms with Gasteiger partial charge in [-0.2, -0.15) is 0 Å². The number of morpholine rings is 1. The zero-order valence-electron chi connectivity index (χ0n) is 15.4. The summed E-state index contributed by atoms with van der Waals surface area (Å²) >= 11 is 0. The molecule has 26 heavy (non-hydrogen) atoms. The highest BCUT2D eigenvalue weighted by Gasteiger charge is 2.16. The molecule has 2 aromatic rings. The van der Waals surface area contributed by atoms with E-state index in [1.807, 2.05) is 32.0 Å². The lowest BCUT2D eigenvalue weighted by Gasteiger charge is -2.29. The largest absolute Gasteiger partial charge is 0.493 e. The van der Waals surface area contributed by atoms with Crippen molar-refractivity contribution >= 4 is 11.6 Å². The van der Waals surface area contributed by atoms with Gasteiger partial charge in [0.05, 0.1) is 31.4 Å². The van der Waals surface area contributed by atoms with E-state index in [0.29, 0.717) is 17.9 Å². The highest BCUT2D eigenvalue weighted by Crippen LogP contribution is 2.22. The predicted molar refractivity (Wildman–Crippen MR) is 103 cm³/mol. The molecule has 1 N–H and O–H groups in total. The van der Waals surface area contributed by atoms with Gasteiger partial charge < -0.3 is 19.7 Å². The molecular weight excluding hydrogens is 328 g/mol. The third-order valence-corrected chi connectivity index (χ3v) is 4.55. The number of hydrogen-bond donors (Lipinski definition) is 1. The first-order valence-electron chi connectivity index (χ1n) is 9.14. The van der Waals surface area contributed by atoms with Crippen molar-refractivity contribution in [2.24, 2.45) is 0 Å². The number of carbonyl (C=O) groups is 1. The first-order chi connectivity index (χ1) is 12.7. The SMILES string of the molecule is CCOc1ccccc1C(=O)NC(C)c1ccc(N2CCOCC2)cc1. The van der Waals surface area contributed by atoms with Gasteiger partial charge in [0.2, 0.25) is 0 Å². The summed E-state index contributed by atoms with van der Waals surface area (Å²) in [5.41, 5.74) is 2.83. The second-order valence-electron chi connectivity index (χ2n) is 6.32. The zero-order chi connectivity index (χ0) is 18.4. The van der Waals surface area contributed by atoms with Crippen molar-refractivity contribution in [2.45, 2.75) is 19.9 Å². The smallest absolute Gasteiger partial charge is 0.255 e. The Morgan fingerprint density at radius 1 is 1.15 bits per heavy atom. The van der Waals surface area contributed by atoms with Crippen molar-refractivity contribution in [3.63, 3.8) is 0 Å². The molecule has 0 radical (unpaired) electrons. The van der Waals surface area contributed by atoms with Crippen LogP contribution in [0.1, 0.15) is 35.8 Å². The van der Waals surface area contributed by atoms with Gasteiger partial charge in [0.15, 0.2) is 0 Å². The Balaban J connectivity index is 1.66. The van der Waals surface area contributed by atoms with Gasteiger partial charge in [0, 0.05) is 18.8 Å². The Bertz CT molecular complexity index is 724. The standard InChI is InChI=1S/C21H26N2O3/c1-3-26-20-7-5-4-6-19(20)21(24)22-16(2)17-8-10-18(11-9-17)23-12-14-25-15-13-23/h4-11,16H,3,12-15H2,1-2H3,(H,22,24). The second-order valence-corrected chi connectivity index (χ2v) is 6.32. The van der Waals surface area contributed by atoms with E-state index in [2.05, 4.69) is 34.5 Å². The summed E-state index contributed by atoms with van der Waals surface area (Å²) in [7, 11) is 0. The van der Waals surface area contributed by atoms with Gasteiger partial charge >= 0.3 is 0 Å². The van der Waals surface area contributed by atoms with E-state index >= 15 is 0 Å². The van der Waals surface area contributed by atoms with Crippen LogP contribution < -0.4 is 15.0 Å². The number of nitrogens with zero attached hydrogens (tertiary/aromatic N) is 1. The fourth-order valence-electron chi connectivity index (χ4n) is 3.09. The molecule has 1 saturated heterocycles. The molecule has 5 heteroatoms. The topological polar surface area (TPSA) is 50.8 Å². The fraction of sp³-hybridized carbons (Fsp3) is 0.381. The molecule has 138 valence electrons. The van der Waals surface area contributed by atoms with Crippen LogP contribution >= 0.6 is 0 Å². The Hall–Kier alpha value is -2.53. The molecule has 1 unspecified atom stereocenters. The van der Waals surface area contributed by atoms with E-state index in [0.717, 1.165) is 31.9 Å². The number of hydrogen-bond acceptors (Lipinski definition) is 4. The van der Waals surface area contributed by atoms with Crippen molar-refractivity contribution in [1.82, 2.24) is 5.32 Å². The molecule has 0 saturated carbocycles. The summed E-state index contributed by atoms with van der Waals surface area (Å²) < 4.78 is 10.9. The van der Waals surface area contributed by atoms with E-state index in [1.54, 1.807) is 6.07 Å². The monoisotopic (exact) mass is 354 g/mol. The maximum Gasteiger partial charge on any atom is 0.255 e.